The molecule has 0 unspecified atom stereocenters. The van der Waals surface area contributed by atoms with Crippen LogP contribution in [0.2, 0.25) is 0 Å². The Hall–Kier alpha value is -1.36. The summed E-state index contributed by atoms with van der Waals surface area (Å²) in [6.45, 7) is 2.04. The molecule has 0 aliphatic carbocycles. The monoisotopic (exact) mass is 209 g/mol. The van der Waals surface area contributed by atoms with Crippen molar-refractivity contribution in [3.8, 4) is 0 Å². The second-order valence-corrected chi connectivity index (χ2v) is 3.77. The van der Waals surface area contributed by atoms with Crippen molar-refractivity contribution in [2.75, 3.05) is 38.2 Å². The van der Waals surface area contributed by atoms with Gasteiger partial charge in [-0.2, -0.15) is 0 Å². The minimum Gasteiger partial charge on any atom is -0.384 e. The molecule has 1 aromatic heterocycles. The summed E-state index contributed by atoms with van der Waals surface area (Å²) in [5, 5.41) is 3.21. The lowest BCUT2D eigenvalue weighted by atomic mass is 10.3. The normalized spacial score (nSPS) is 10.6. The number of nitrogens with one attached hydrogen (secondary N) is 1. The van der Waals surface area contributed by atoms with Gasteiger partial charge in [0.2, 0.25) is 0 Å². The van der Waals surface area contributed by atoms with Crippen molar-refractivity contribution >= 4 is 11.6 Å². The molecule has 0 fully saturated rings. The van der Waals surface area contributed by atoms with Gasteiger partial charge in [0.25, 0.3) is 0 Å². The highest BCUT2D eigenvalue weighted by atomic mass is 15.1. The van der Waals surface area contributed by atoms with E-state index in [9.17, 15) is 0 Å². The molecule has 0 aromatic carbocycles. The van der Waals surface area contributed by atoms with E-state index in [-0.39, 0.29) is 0 Å². The Kier molecular flexibility index (Phi) is 4.83. The van der Waals surface area contributed by atoms with Crippen molar-refractivity contribution in [3.05, 3.63) is 12.4 Å². The van der Waals surface area contributed by atoms with Crippen molar-refractivity contribution < 1.29 is 0 Å². The summed E-state index contributed by atoms with van der Waals surface area (Å²) >= 11 is 0. The Morgan fingerprint density at radius 1 is 1.33 bits per heavy atom. The van der Waals surface area contributed by atoms with Crippen LogP contribution >= 0.6 is 0 Å². The van der Waals surface area contributed by atoms with Crippen molar-refractivity contribution in [3.63, 3.8) is 0 Å². The molecule has 0 radical (unpaired) electrons. The first-order valence-electron chi connectivity index (χ1n) is 5.14. The average Bonchev–Trinajstić information content (AvgIpc) is 2.17. The number of hydrogen-bond donors (Lipinski definition) is 2. The molecule has 0 atom stereocenters. The van der Waals surface area contributed by atoms with E-state index >= 15 is 0 Å². The molecule has 0 aliphatic heterocycles. The van der Waals surface area contributed by atoms with E-state index < -0.39 is 0 Å². The summed E-state index contributed by atoms with van der Waals surface area (Å²) in [7, 11) is 4.16. The topological polar surface area (TPSA) is 67.1 Å². The second kappa shape index (κ2) is 6.19. The van der Waals surface area contributed by atoms with Crippen LogP contribution in [0.1, 0.15) is 12.8 Å². The van der Waals surface area contributed by atoms with Gasteiger partial charge in [0.05, 0.1) is 0 Å². The lowest BCUT2D eigenvalue weighted by Crippen LogP contribution is -2.14. The highest BCUT2D eigenvalue weighted by molar-refractivity contribution is 5.42. The van der Waals surface area contributed by atoms with Gasteiger partial charge in [0.1, 0.15) is 18.0 Å². The van der Waals surface area contributed by atoms with Gasteiger partial charge in [0, 0.05) is 12.6 Å². The van der Waals surface area contributed by atoms with Gasteiger partial charge in [-0.3, -0.25) is 0 Å². The highest BCUT2D eigenvalue weighted by Gasteiger charge is 1.95. The molecule has 0 saturated heterocycles. The van der Waals surface area contributed by atoms with Crippen molar-refractivity contribution in [2.24, 2.45) is 0 Å². The van der Waals surface area contributed by atoms with Crippen LogP contribution in [0.25, 0.3) is 0 Å². The van der Waals surface area contributed by atoms with Crippen LogP contribution < -0.4 is 11.1 Å². The first-order valence-corrected chi connectivity index (χ1v) is 5.14. The molecule has 0 aliphatic rings. The number of aromatic nitrogens is 2. The zero-order chi connectivity index (χ0) is 11.1. The summed E-state index contributed by atoms with van der Waals surface area (Å²) in [6, 6.07) is 1.74. The van der Waals surface area contributed by atoms with E-state index in [1.165, 1.54) is 12.7 Å². The Morgan fingerprint density at radius 2 is 2.13 bits per heavy atom. The van der Waals surface area contributed by atoms with E-state index in [0.29, 0.717) is 5.82 Å². The minimum absolute atomic E-state index is 0.501. The fourth-order valence-corrected chi connectivity index (χ4v) is 1.24. The molecule has 0 spiro atoms. The van der Waals surface area contributed by atoms with Gasteiger partial charge >= 0.3 is 0 Å². The van der Waals surface area contributed by atoms with Crippen molar-refractivity contribution in [1.29, 1.82) is 0 Å². The van der Waals surface area contributed by atoms with Crippen LogP contribution in [0.15, 0.2) is 12.4 Å². The van der Waals surface area contributed by atoms with Gasteiger partial charge in [-0.25, -0.2) is 9.97 Å². The Morgan fingerprint density at radius 3 is 2.80 bits per heavy atom. The number of nitrogen functional groups attached to an aromatic ring is 1. The standard InChI is InChI=1S/C10H19N5/c1-15(2)6-4-3-5-12-10-7-9(11)13-8-14-10/h7-8H,3-6H2,1-2H3,(H3,11,12,13,14). The smallest absolute Gasteiger partial charge is 0.131 e. The quantitative estimate of drug-likeness (QED) is 0.679. The number of nitrogens with two attached hydrogens (primary N) is 1. The van der Waals surface area contributed by atoms with Crippen LogP contribution in [0, 0.1) is 0 Å². The van der Waals surface area contributed by atoms with E-state index in [2.05, 4.69) is 34.3 Å². The van der Waals surface area contributed by atoms with Gasteiger partial charge in [-0.1, -0.05) is 0 Å². The molecular weight excluding hydrogens is 190 g/mol. The van der Waals surface area contributed by atoms with Crippen LogP contribution in [0.5, 0.6) is 0 Å². The first-order chi connectivity index (χ1) is 7.18. The number of rotatable bonds is 6. The molecule has 84 valence electrons. The molecule has 1 heterocycles. The largest absolute Gasteiger partial charge is 0.384 e. The van der Waals surface area contributed by atoms with Crippen LogP contribution in [-0.4, -0.2) is 42.1 Å². The molecular formula is C10H19N5. The zero-order valence-corrected chi connectivity index (χ0v) is 9.40. The van der Waals surface area contributed by atoms with Crippen LogP contribution in [0.4, 0.5) is 11.6 Å². The Balaban J connectivity index is 2.15. The van der Waals surface area contributed by atoms with E-state index in [1.807, 2.05) is 0 Å². The number of unbranched alkanes of at least 4 members (excludes halogenated alkanes) is 1. The first kappa shape index (κ1) is 11.7. The summed E-state index contributed by atoms with van der Waals surface area (Å²) in [6.07, 6.45) is 3.78. The number of anilines is 2. The molecule has 5 nitrogen and oxygen atoms in total. The molecule has 0 bridgehead atoms. The lowest BCUT2D eigenvalue weighted by molar-refractivity contribution is 0.396. The Labute approximate surface area is 90.7 Å². The third-order valence-corrected chi connectivity index (χ3v) is 2.03. The molecule has 1 rings (SSSR count). The third kappa shape index (κ3) is 5.17. The van der Waals surface area contributed by atoms with Crippen LogP contribution in [-0.2, 0) is 0 Å². The van der Waals surface area contributed by atoms with Gasteiger partial charge in [-0.05, 0) is 33.5 Å². The lowest BCUT2D eigenvalue weighted by Gasteiger charge is -2.09. The minimum atomic E-state index is 0.501. The van der Waals surface area contributed by atoms with E-state index in [1.54, 1.807) is 6.07 Å². The second-order valence-electron chi connectivity index (χ2n) is 3.77. The zero-order valence-electron chi connectivity index (χ0n) is 9.40. The maximum atomic E-state index is 5.53. The summed E-state index contributed by atoms with van der Waals surface area (Å²) in [4.78, 5) is 10.1. The molecule has 15 heavy (non-hydrogen) atoms. The maximum Gasteiger partial charge on any atom is 0.131 e. The molecule has 5 heteroatoms. The van der Waals surface area contributed by atoms with Gasteiger partial charge < -0.3 is 16.0 Å². The maximum absolute atomic E-state index is 5.53. The van der Waals surface area contributed by atoms with Gasteiger partial charge in [-0.15, -0.1) is 0 Å². The summed E-state index contributed by atoms with van der Waals surface area (Å²) in [5.41, 5.74) is 5.53. The molecule has 0 saturated carbocycles. The predicted octanol–water partition coefficient (Wildman–Crippen LogP) is 0.812. The summed E-state index contributed by atoms with van der Waals surface area (Å²) < 4.78 is 0. The number of hydrogen-bond acceptors (Lipinski definition) is 5. The van der Waals surface area contributed by atoms with Crippen molar-refractivity contribution in [1.82, 2.24) is 14.9 Å². The van der Waals surface area contributed by atoms with Crippen LogP contribution in [0.3, 0.4) is 0 Å². The predicted molar refractivity (Wildman–Crippen MR) is 62.7 cm³/mol. The SMILES string of the molecule is CN(C)CCCCNc1cc(N)ncn1. The van der Waals surface area contributed by atoms with E-state index in [0.717, 1.165) is 25.3 Å². The highest BCUT2D eigenvalue weighted by Crippen LogP contribution is 2.04. The van der Waals surface area contributed by atoms with E-state index in [4.69, 9.17) is 5.73 Å². The fourth-order valence-electron chi connectivity index (χ4n) is 1.24. The Bertz CT molecular complexity index is 287. The molecule has 1 aromatic rings. The fraction of sp³-hybridized carbons (Fsp3) is 0.600. The molecule has 3 N–H and O–H groups in total. The average molecular weight is 209 g/mol. The summed E-state index contributed by atoms with van der Waals surface area (Å²) in [5.74, 6) is 1.30. The van der Waals surface area contributed by atoms with Crippen molar-refractivity contribution in [2.45, 2.75) is 12.8 Å². The molecule has 0 amide bonds. The van der Waals surface area contributed by atoms with Gasteiger partial charge in [0.15, 0.2) is 0 Å². The third-order valence-electron chi connectivity index (χ3n) is 2.03. The number of nitrogens with zero attached hydrogens (tertiary/aromatic N) is 3.